The molecular formula is C14H29N3O. The number of hydrogen-bond donors (Lipinski definition) is 2. The summed E-state index contributed by atoms with van der Waals surface area (Å²) in [5.41, 5.74) is 5.75. The standard InChI is InChI=1S/C14H29N3O/c1-12(2)11-17-14(15)16-9-6-10-18-13-7-4-3-5-8-13/h12-13H,3-11H2,1-2H3,(H3,15,16,17). The molecule has 0 unspecified atom stereocenters. The van der Waals surface area contributed by atoms with Gasteiger partial charge in [-0.1, -0.05) is 33.1 Å². The number of rotatable bonds is 7. The van der Waals surface area contributed by atoms with Crippen molar-refractivity contribution in [3.63, 3.8) is 0 Å². The molecule has 0 atom stereocenters. The molecule has 18 heavy (non-hydrogen) atoms. The van der Waals surface area contributed by atoms with E-state index in [0.29, 0.717) is 18.0 Å². The molecule has 106 valence electrons. The molecule has 1 aliphatic carbocycles. The Morgan fingerprint density at radius 3 is 2.72 bits per heavy atom. The lowest BCUT2D eigenvalue weighted by Crippen LogP contribution is -2.33. The number of aliphatic imine (C=N–C) groups is 1. The highest BCUT2D eigenvalue weighted by molar-refractivity contribution is 5.77. The summed E-state index contributed by atoms with van der Waals surface area (Å²) in [6, 6.07) is 0. The van der Waals surface area contributed by atoms with Gasteiger partial charge in [0.1, 0.15) is 0 Å². The van der Waals surface area contributed by atoms with Crippen molar-refractivity contribution in [2.24, 2.45) is 16.6 Å². The fraction of sp³-hybridized carbons (Fsp3) is 0.929. The zero-order chi connectivity index (χ0) is 13.2. The van der Waals surface area contributed by atoms with Gasteiger partial charge in [-0.25, -0.2) is 0 Å². The summed E-state index contributed by atoms with van der Waals surface area (Å²) in [7, 11) is 0. The number of nitrogens with zero attached hydrogens (tertiary/aromatic N) is 1. The number of ether oxygens (including phenoxy) is 1. The minimum atomic E-state index is 0.505. The Labute approximate surface area is 111 Å². The average molecular weight is 255 g/mol. The van der Waals surface area contributed by atoms with Crippen molar-refractivity contribution in [2.45, 2.75) is 58.5 Å². The summed E-state index contributed by atoms with van der Waals surface area (Å²) in [6.45, 7) is 6.73. The summed E-state index contributed by atoms with van der Waals surface area (Å²) < 4.78 is 5.84. The van der Waals surface area contributed by atoms with Gasteiger partial charge in [0.2, 0.25) is 0 Å². The topological polar surface area (TPSA) is 59.6 Å². The SMILES string of the molecule is CC(C)CN=C(N)NCCCOC1CCCCC1. The molecule has 0 amide bonds. The quantitative estimate of drug-likeness (QED) is 0.417. The van der Waals surface area contributed by atoms with Gasteiger partial charge in [-0.3, -0.25) is 4.99 Å². The Hall–Kier alpha value is -0.770. The largest absolute Gasteiger partial charge is 0.378 e. The van der Waals surface area contributed by atoms with E-state index in [-0.39, 0.29) is 0 Å². The first-order valence-corrected chi connectivity index (χ1v) is 7.34. The van der Waals surface area contributed by atoms with Crippen LogP contribution < -0.4 is 11.1 Å². The van der Waals surface area contributed by atoms with Crippen molar-refractivity contribution in [1.82, 2.24) is 5.32 Å². The fourth-order valence-corrected chi connectivity index (χ4v) is 2.11. The Kier molecular flexibility index (Phi) is 7.81. The van der Waals surface area contributed by atoms with Gasteiger partial charge in [0.15, 0.2) is 5.96 Å². The van der Waals surface area contributed by atoms with Crippen LogP contribution in [0.2, 0.25) is 0 Å². The van der Waals surface area contributed by atoms with E-state index in [1.54, 1.807) is 0 Å². The lowest BCUT2D eigenvalue weighted by atomic mass is 9.98. The van der Waals surface area contributed by atoms with Crippen LogP contribution in [-0.2, 0) is 4.74 Å². The summed E-state index contributed by atoms with van der Waals surface area (Å²) in [5, 5.41) is 3.12. The molecule has 0 heterocycles. The second kappa shape index (κ2) is 9.20. The molecule has 0 saturated heterocycles. The zero-order valence-electron chi connectivity index (χ0n) is 12.0. The van der Waals surface area contributed by atoms with Crippen molar-refractivity contribution in [3.8, 4) is 0 Å². The summed E-state index contributed by atoms with van der Waals surface area (Å²) in [5.74, 6) is 1.11. The van der Waals surface area contributed by atoms with Gasteiger partial charge in [-0.05, 0) is 25.2 Å². The van der Waals surface area contributed by atoms with E-state index in [1.807, 2.05) is 0 Å². The van der Waals surface area contributed by atoms with Crippen LogP contribution in [0.1, 0.15) is 52.4 Å². The highest BCUT2D eigenvalue weighted by Gasteiger charge is 2.12. The van der Waals surface area contributed by atoms with Gasteiger partial charge in [-0.2, -0.15) is 0 Å². The summed E-state index contributed by atoms with van der Waals surface area (Å²) in [6.07, 6.45) is 8.02. The molecule has 0 spiro atoms. The molecule has 4 heteroatoms. The Morgan fingerprint density at radius 1 is 1.33 bits per heavy atom. The van der Waals surface area contributed by atoms with Crippen molar-refractivity contribution in [1.29, 1.82) is 0 Å². The van der Waals surface area contributed by atoms with Crippen molar-refractivity contribution in [2.75, 3.05) is 19.7 Å². The molecule has 0 aliphatic heterocycles. The van der Waals surface area contributed by atoms with E-state index in [2.05, 4.69) is 24.2 Å². The van der Waals surface area contributed by atoms with E-state index in [0.717, 1.165) is 26.1 Å². The van der Waals surface area contributed by atoms with Crippen molar-refractivity contribution >= 4 is 5.96 Å². The first-order chi connectivity index (χ1) is 8.68. The van der Waals surface area contributed by atoms with Crippen LogP contribution in [0.4, 0.5) is 0 Å². The second-order valence-electron chi connectivity index (χ2n) is 5.53. The molecule has 0 radical (unpaired) electrons. The lowest BCUT2D eigenvalue weighted by molar-refractivity contribution is 0.0277. The molecule has 1 rings (SSSR count). The number of guanidine groups is 1. The van der Waals surface area contributed by atoms with Gasteiger partial charge in [0.25, 0.3) is 0 Å². The van der Waals surface area contributed by atoms with Gasteiger partial charge in [0, 0.05) is 19.7 Å². The van der Waals surface area contributed by atoms with Crippen LogP contribution in [-0.4, -0.2) is 31.8 Å². The first kappa shape index (κ1) is 15.3. The lowest BCUT2D eigenvalue weighted by Gasteiger charge is -2.21. The third-order valence-corrected chi connectivity index (χ3v) is 3.16. The highest BCUT2D eigenvalue weighted by Crippen LogP contribution is 2.20. The maximum atomic E-state index is 5.84. The molecule has 3 N–H and O–H groups in total. The molecule has 0 aromatic rings. The number of hydrogen-bond acceptors (Lipinski definition) is 2. The molecule has 0 bridgehead atoms. The highest BCUT2D eigenvalue weighted by atomic mass is 16.5. The smallest absolute Gasteiger partial charge is 0.188 e. The zero-order valence-corrected chi connectivity index (χ0v) is 12.0. The van der Waals surface area contributed by atoms with Crippen LogP contribution in [0.15, 0.2) is 4.99 Å². The molecule has 1 saturated carbocycles. The second-order valence-corrected chi connectivity index (χ2v) is 5.53. The van der Waals surface area contributed by atoms with Crippen molar-refractivity contribution < 1.29 is 4.74 Å². The van der Waals surface area contributed by atoms with Gasteiger partial charge in [0.05, 0.1) is 6.10 Å². The molecular weight excluding hydrogens is 226 g/mol. The molecule has 4 nitrogen and oxygen atoms in total. The van der Waals surface area contributed by atoms with Crippen LogP contribution >= 0.6 is 0 Å². The van der Waals surface area contributed by atoms with Crippen LogP contribution in [0.5, 0.6) is 0 Å². The Morgan fingerprint density at radius 2 is 2.06 bits per heavy atom. The normalized spacial score (nSPS) is 18.3. The summed E-state index contributed by atoms with van der Waals surface area (Å²) >= 11 is 0. The minimum absolute atomic E-state index is 0.505. The predicted molar refractivity (Wildman–Crippen MR) is 76.8 cm³/mol. The van der Waals surface area contributed by atoms with Crippen LogP contribution in [0.25, 0.3) is 0 Å². The van der Waals surface area contributed by atoms with Crippen molar-refractivity contribution in [3.05, 3.63) is 0 Å². The monoisotopic (exact) mass is 255 g/mol. The maximum Gasteiger partial charge on any atom is 0.188 e. The van der Waals surface area contributed by atoms with Gasteiger partial charge in [-0.15, -0.1) is 0 Å². The van der Waals surface area contributed by atoms with E-state index in [1.165, 1.54) is 32.1 Å². The third kappa shape index (κ3) is 7.54. The van der Waals surface area contributed by atoms with E-state index >= 15 is 0 Å². The minimum Gasteiger partial charge on any atom is -0.378 e. The first-order valence-electron chi connectivity index (χ1n) is 7.34. The van der Waals surface area contributed by atoms with E-state index < -0.39 is 0 Å². The summed E-state index contributed by atoms with van der Waals surface area (Å²) in [4.78, 5) is 4.25. The van der Waals surface area contributed by atoms with E-state index in [4.69, 9.17) is 10.5 Å². The molecule has 1 aliphatic rings. The number of nitrogens with one attached hydrogen (secondary N) is 1. The molecule has 0 aromatic carbocycles. The average Bonchev–Trinajstić information content (AvgIpc) is 2.37. The van der Waals surface area contributed by atoms with Crippen LogP contribution in [0, 0.1) is 5.92 Å². The fourth-order valence-electron chi connectivity index (χ4n) is 2.11. The Bertz CT molecular complexity index is 235. The van der Waals surface area contributed by atoms with E-state index in [9.17, 15) is 0 Å². The van der Waals surface area contributed by atoms with Crippen LogP contribution in [0.3, 0.4) is 0 Å². The van der Waals surface area contributed by atoms with Gasteiger partial charge >= 0.3 is 0 Å². The Balaban J connectivity index is 1.95. The maximum absolute atomic E-state index is 5.84. The van der Waals surface area contributed by atoms with Gasteiger partial charge < -0.3 is 15.8 Å². The predicted octanol–water partition coefficient (Wildman–Crippen LogP) is 2.29. The third-order valence-electron chi connectivity index (χ3n) is 3.16. The molecule has 1 fully saturated rings. The number of nitrogens with two attached hydrogens (primary N) is 1. The molecule has 0 aromatic heterocycles.